The van der Waals surface area contributed by atoms with Gasteiger partial charge in [-0.15, -0.1) is 0 Å². The molecule has 0 aromatic heterocycles. The molecule has 94 valence electrons. The molecule has 1 aromatic carbocycles. The van der Waals surface area contributed by atoms with Gasteiger partial charge in [0.15, 0.2) is 0 Å². The molecule has 1 atom stereocenters. The molecule has 1 fully saturated rings. The fourth-order valence-electron chi connectivity index (χ4n) is 2.12. The van der Waals surface area contributed by atoms with Crippen molar-refractivity contribution in [2.45, 2.75) is 24.7 Å². The normalized spacial score (nSPS) is 22.6. The number of sulfonamides is 1. The van der Waals surface area contributed by atoms with Gasteiger partial charge in [0.2, 0.25) is 10.0 Å². The Morgan fingerprint density at radius 3 is 2.53 bits per heavy atom. The monoisotopic (exact) mass is 273 g/mol. The molecule has 0 spiro atoms. The molecule has 5 heteroatoms. The SMILES string of the molecule is CC1CCCN(S(=O)(=O)c2ccc(Cl)cc2)C1. The molecule has 0 N–H and O–H groups in total. The molecular weight excluding hydrogens is 258 g/mol. The molecule has 0 bridgehead atoms. The lowest BCUT2D eigenvalue weighted by Crippen LogP contribution is -2.39. The summed E-state index contributed by atoms with van der Waals surface area (Å²) in [5.74, 6) is 0.436. The largest absolute Gasteiger partial charge is 0.243 e. The highest BCUT2D eigenvalue weighted by Gasteiger charge is 2.28. The van der Waals surface area contributed by atoms with Gasteiger partial charge in [-0.25, -0.2) is 8.42 Å². The van der Waals surface area contributed by atoms with Gasteiger partial charge in [0.05, 0.1) is 4.90 Å². The molecule has 0 amide bonds. The summed E-state index contributed by atoms with van der Waals surface area (Å²) in [4.78, 5) is 0.330. The van der Waals surface area contributed by atoms with E-state index >= 15 is 0 Å². The minimum Gasteiger partial charge on any atom is -0.207 e. The summed E-state index contributed by atoms with van der Waals surface area (Å²) in [6.07, 6.45) is 2.04. The van der Waals surface area contributed by atoms with Crippen LogP contribution >= 0.6 is 11.6 Å². The number of hydrogen-bond donors (Lipinski definition) is 0. The fraction of sp³-hybridized carbons (Fsp3) is 0.500. The van der Waals surface area contributed by atoms with Crippen molar-refractivity contribution in [2.75, 3.05) is 13.1 Å². The molecule has 1 saturated heterocycles. The van der Waals surface area contributed by atoms with Crippen molar-refractivity contribution in [3.8, 4) is 0 Å². The Kier molecular flexibility index (Phi) is 3.76. The van der Waals surface area contributed by atoms with Gasteiger partial charge in [0, 0.05) is 18.1 Å². The van der Waals surface area contributed by atoms with E-state index in [1.807, 2.05) is 0 Å². The highest BCUT2D eigenvalue weighted by molar-refractivity contribution is 7.89. The smallest absolute Gasteiger partial charge is 0.207 e. The van der Waals surface area contributed by atoms with E-state index in [1.165, 1.54) is 0 Å². The molecule has 0 radical (unpaired) electrons. The van der Waals surface area contributed by atoms with E-state index in [0.29, 0.717) is 28.9 Å². The number of nitrogens with zero attached hydrogens (tertiary/aromatic N) is 1. The van der Waals surface area contributed by atoms with Crippen LogP contribution in [0.1, 0.15) is 19.8 Å². The second-order valence-electron chi connectivity index (χ2n) is 4.56. The Labute approximate surface area is 107 Å². The van der Waals surface area contributed by atoms with Crippen molar-refractivity contribution < 1.29 is 8.42 Å². The van der Waals surface area contributed by atoms with Gasteiger partial charge in [0.25, 0.3) is 0 Å². The Hall–Kier alpha value is -0.580. The molecule has 2 rings (SSSR count). The van der Waals surface area contributed by atoms with Crippen molar-refractivity contribution in [2.24, 2.45) is 5.92 Å². The van der Waals surface area contributed by atoms with Gasteiger partial charge < -0.3 is 0 Å². The van der Waals surface area contributed by atoms with Crippen molar-refractivity contribution >= 4 is 21.6 Å². The summed E-state index contributed by atoms with van der Waals surface area (Å²) in [6, 6.07) is 6.36. The van der Waals surface area contributed by atoms with Crippen LogP contribution in [-0.4, -0.2) is 25.8 Å². The lowest BCUT2D eigenvalue weighted by Gasteiger charge is -2.30. The summed E-state index contributed by atoms with van der Waals surface area (Å²) in [5, 5.41) is 0.552. The summed E-state index contributed by atoms with van der Waals surface area (Å²) in [7, 11) is -3.34. The third-order valence-corrected chi connectivity index (χ3v) is 5.20. The summed E-state index contributed by atoms with van der Waals surface area (Å²) in [5.41, 5.74) is 0. The maximum Gasteiger partial charge on any atom is 0.243 e. The molecular formula is C12H16ClNO2S. The Morgan fingerprint density at radius 1 is 1.29 bits per heavy atom. The molecule has 1 aromatic rings. The van der Waals surface area contributed by atoms with E-state index in [4.69, 9.17) is 11.6 Å². The van der Waals surface area contributed by atoms with Gasteiger partial charge in [-0.3, -0.25) is 0 Å². The second-order valence-corrected chi connectivity index (χ2v) is 6.94. The van der Waals surface area contributed by atoms with Gasteiger partial charge >= 0.3 is 0 Å². The zero-order valence-corrected chi connectivity index (χ0v) is 11.3. The number of rotatable bonds is 2. The summed E-state index contributed by atoms with van der Waals surface area (Å²) < 4.78 is 26.2. The maximum atomic E-state index is 12.3. The minimum absolute atomic E-state index is 0.330. The predicted octanol–water partition coefficient (Wildman–Crippen LogP) is 2.76. The van der Waals surface area contributed by atoms with Crippen molar-refractivity contribution in [3.63, 3.8) is 0 Å². The second kappa shape index (κ2) is 4.96. The van der Waals surface area contributed by atoms with Crippen LogP contribution in [0.15, 0.2) is 29.2 Å². The molecule has 17 heavy (non-hydrogen) atoms. The van der Waals surface area contributed by atoms with E-state index in [2.05, 4.69) is 6.92 Å². The van der Waals surface area contributed by atoms with Crippen LogP contribution in [-0.2, 0) is 10.0 Å². The van der Waals surface area contributed by atoms with Crippen molar-refractivity contribution in [1.29, 1.82) is 0 Å². The predicted molar refractivity (Wildman–Crippen MR) is 68.6 cm³/mol. The Balaban J connectivity index is 2.26. The summed E-state index contributed by atoms with van der Waals surface area (Å²) >= 11 is 5.76. The molecule has 0 saturated carbocycles. The highest BCUT2D eigenvalue weighted by Crippen LogP contribution is 2.24. The highest BCUT2D eigenvalue weighted by atomic mass is 35.5. The zero-order valence-electron chi connectivity index (χ0n) is 9.77. The van der Waals surface area contributed by atoms with Crippen LogP contribution in [0.5, 0.6) is 0 Å². The van der Waals surface area contributed by atoms with Crippen LogP contribution in [0.25, 0.3) is 0 Å². The average molecular weight is 274 g/mol. The lowest BCUT2D eigenvalue weighted by atomic mass is 10.0. The van der Waals surface area contributed by atoms with Crippen LogP contribution in [0.2, 0.25) is 5.02 Å². The number of halogens is 1. The third-order valence-electron chi connectivity index (χ3n) is 3.07. The first-order chi connectivity index (χ1) is 8.00. The van der Waals surface area contributed by atoms with Crippen LogP contribution in [0, 0.1) is 5.92 Å². The molecule has 1 heterocycles. The van der Waals surface area contributed by atoms with E-state index < -0.39 is 10.0 Å². The van der Waals surface area contributed by atoms with Crippen molar-refractivity contribution in [1.82, 2.24) is 4.31 Å². The van der Waals surface area contributed by atoms with E-state index in [0.717, 1.165) is 12.8 Å². The minimum atomic E-state index is -3.34. The van der Waals surface area contributed by atoms with Crippen molar-refractivity contribution in [3.05, 3.63) is 29.3 Å². The quantitative estimate of drug-likeness (QED) is 0.831. The molecule has 0 aliphatic carbocycles. The maximum absolute atomic E-state index is 12.3. The van der Waals surface area contributed by atoms with Gasteiger partial charge in [-0.2, -0.15) is 4.31 Å². The first-order valence-corrected chi connectivity index (χ1v) is 7.57. The average Bonchev–Trinajstić information content (AvgIpc) is 2.29. The number of benzene rings is 1. The summed E-state index contributed by atoms with van der Waals surface area (Å²) in [6.45, 7) is 3.32. The zero-order chi connectivity index (χ0) is 12.5. The van der Waals surface area contributed by atoms with Crippen LogP contribution in [0.3, 0.4) is 0 Å². The Morgan fingerprint density at radius 2 is 1.94 bits per heavy atom. The number of hydrogen-bond acceptors (Lipinski definition) is 2. The lowest BCUT2D eigenvalue weighted by molar-refractivity contribution is 0.281. The van der Waals surface area contributed by atoms with Gasteiger partial charge in [-0.1, -0.05) is 18.5 Å². The van der Waals surface area contributed by atoms with Gasteiger partial charge in [0.1, 0.15) is 0 Å². The van der Waals surface area contributed by atoms with E-state index in [-0.39, 0.29) is 0 Å². The topological polar surface area (TPSA) is 37.4 Å². The first-order valence-electron chi connectivity index (χ1n) is 5.76. The standard InChI is InChI=1S/C12H16ClNO2S/c1-10-3-2-8-14(9-10)17(15,16)12-6-4-11(13)5-7-12/h4-7,10H,2-3,8-9H2,1H3. The fourth-order valence-corrected chi connectivity index (χ4v) is 3.84. The molecule has 3 nitrogen and oxygen atoms in total. The third kappa shape index (κ3) is 2.81. The molecule has 1 aliphatic heterocycles. The first kappa shape index (κ1) is 12.9. The van der Waals surface area contributed by atoms with E-state index in [1.54, 1.807) is 28.6 Å². The molecule has 1 aliphatic rings. The van der Waals surface area contributed by atoms with Crippen LogP contribution in [0.4, 0.5) is 0 Å². The molecule has 1 unspecified atom stereocenters. The van der Waals surface area contributed by atoms with E-state index in [9.17, 15) is 8.42 Å². The van der Waals surface area contributed by atoms with Gasteiger partial charge in [-0.05, 0) is 43.0 Å². The van der Waals surface area contributed by atoms with Crippen LogP contribution < -0.4 is 0 Å². The number of piperidine rings is 1. The Bertz CT molecular complexity index is 484.